The number of anilines is 1. The Morgan fingerprint density at radius 1 is 1.22 bits per heavy atom. The van der Waals surface area contributed by atoms with Crippen LogP contribution in [0.2, 0.25) is 0 Å². The minimum Gasteiger partial charge on any atom is -0.345 e. The fraction of sp³-hybridized carbons (Fsp3) is 0.385. The number of hydrogen-bond acceptors (Lipinski definition) is 5. The van der Waals surface area contributed by atoms with Gasteiger partial charge < -0.3 is 4.90 Å². The highest BCUT2D eigenvalue weighted by molar-refractivity contribution is 7.22. The van der Waals surface area contributed by atoms with E-state index in [9.17, 15) is 0 Å². The minimum atomic E-state index is 0.535. The van der Waals surface area contributed by atoms with Crippen LogP contribution >= 0.6 is 11.3 Å². The number of aromatic nitrogens is 1. The molecular formula is C13H14N4S. The summed E-state index contributed by atoms with van der Waals surface area (Å²) in [6.07, 6.45) is 0. The second-order valence-corrected chi connectivity index (χ2v) is 5.39. The standard InChI is InChI=1S/C13H14N4S/c14-5-6-16-7-9-17(10-8-16)13-15-11-3-1-2-4-12(11)18-13/h1-4H,6-10H2. The van der Waals surface area contributed by atoms with E-state index in [1.807, 2.05) is 6.07 Å². The first-order valence-electron chi connectivity index (χ1n) is 6.06. The van der Waals surface area contributed by atoms with Crippen LogP contribution in [-0.4, -0.2) is 42.6 Å². The number of rotatable bonds is 2. The van der Waals surface area contributed by atoms with Gasteiger partial charge in [-0.1, -0.05) is 23.5 Å². The van der Waals surface area contributed by atoms with Crippen molar-refractivity contribution in [1.29, 1.82) is 5.26 Å². The van der Waals surface area contributed by atoms with Crippen molar-refractivity contribution in [3.63, 3.8) is 0 Å². The fourth-order valence-electron chi connectivity index (χ4n) is 2.19. The van der Waals surface area contributed by atoms with E-state index in [2.05, 4.69) is 39.1 Å². The maximum Gasteiger partial charge on any atom is 0.186 e. The van der Waals surface area contributed by atoms with Gasteiger partial charge in [0.2, 0.25) is 0 Å². The highest BCUT2D eigenvalue weighted by Gasteiger charge is 2.19. The third-order valence-electron chi connectivity index (χ3n) is 3.22. The Balaban J connectivity index is 1.74. The molecule has 0 radical (unpaired) electrons. The quantitative estimate of drug-likeness (QED) is 0.772. The number of piperazine rings is 1. The summed E-state index contributed by atoms with van der Waals surface area (Å²) in [4.78, 5) is 9.17. The van der Waals surface area contributed by atoms with Crippen LogP contribution in [0.3, 0.4) is 0 Å². The molecule has 0 bridgehead atoms. The average Bonchev–Trinajstić information content (AvgIpc) is 2.84. The summed E-state index contributed by atoms with van der Waals surface area (Å²) in [6.45, 7) is 4.35. The number of hydrogen-bond donors (Lipinski definition) is 0. The van der Waals surface area contributed by atoms with Crippen molar-refractivity contribution in [2.45, 2.75) is 0 Å². The molecule has 1 saturated heterocycles. The molecule has 92 valence electrons. The van der Waals surface area contributed by atoms with Gasteiger partial charge in [-0.05, 0) is 12.1 Å². The molecule has 2 heterocycles. The molecule has 1 fully saturated rings. The van der Waals surface area contributed by atoms with E-state index in [0.29, 0.717) is 6.54 Å². The van der Waals surface area contributed by atoms with Crippen LogP contribution < -0.4 is 4.90 Å². The Morgan fingerprint density at radius 2 is 2.00 bits per heavy atom. The summed E-state index contributed by atoms with van der Waals surface area (Å²) in [5, 5.41) is 9.79. The Hall–Kier alpha value is -1.64. The second-order valence-electron chi connectivity index (χ2n) is 4.39. The fourth-order valence-corrected chi connectivity index (χ4v) is 3.21. The maximum atomic E-state index is 8.68. The molecule has 0 unspecified atom stereocenters. The summed E-state index contributed by atoms with van der Waals surface area (Å²) in [6, 6.07) is 10.5. The number of thiazole rings is 1. The minimum absolute atomic E-state index is 0.535. The number of fused-ring (bicyclic) bond motifs is 1. The van der Waals surface area contributed by atoms with Crippen molar-refractivity contribution in [3.8, 4) is 6.07 Å². The van der Waals surface area contributed by atoms with Crippen LogP contribution in [0.4, 0.5) is 5.13 Å². The van der Waals surface area contributed by atoms with Crippen molar-refractivity contribution in [2.24, 2.45) is 0 Å². The molecule has 18 heavy (non-hydrogen) atoms. The first-order valence-corrected chi connectivity index (χ1v) is 6.88. The van der Waals surface area contributed by atoms with Crippen LogP contribution in [0, 0.1) is 11.3 Å². The van der Waals surface area contributed by atoms with Gasteiger partial charge in [-0.3, -0.25) is 4.90 Å². The normalized spacial score (nSPS) is 16.9. The van der Waals surface area contributed by atoms with Crippen molar-refractivity contribution >= 4 is 26.7 Å². The van der Waals surface area contributed by atoms with E-state index in [1.54, 1.807) is 11.3 Å². The predicted molar refractivity (Wildman–Crippen MR) is 73.9 cm³/mol. The third-order valence-corrected chi connectivity index (χ3v) is 4.32. The van der Waals surface area contributed by atoms with Gasteiger partial charge in [0, 0.05) is 26.2 Å². The van der Waals surface area contributed by atoms with Gasteiger partial charge in [-0.2, -0.15) is 5.26 Å². The van der Waals surface area contributed by atoms with Crippen LogP contribution in [0.1, 0.15) is 0 Å². The van der Waals surface area contributed by atoms with Gasteiger partial charge in [0.25, 0.3) is 0 Å². The van der Waals surface area contributed by atoms with Crippen LogP contribution in [0.25, 0.3) is 10.2 Å². The predicted octanol–water partition coefficient (Wildman–Crippen LogP) is 1.94. The molecule has 0 spiro atoms. The van der Waals surface area contributed by atoms with Crippen LogP contribution in [-0.2, 0) is 0 Å². The lowest BCUT2D eigenvalue weighted by Crippen LogP contribution is -2.46. The topological polar surface area (TPSA) is 43.2 Å². The molecule has 0 saturated carbocycles. The Morgan fingerprint density at radius 3 is 2.72 bits per heavy atom. The van der Waals surface area contributed by atoms with Gasteiger partial charge in [0.15, 0.2) is 5.13 Å². The molecule has 0 amide bonds. The first-order chi connectivity index (χ1) is 8.86. The van der Waals surface area contributed by atoms with E-state index in [-0.39, 0.29) is 0 Å². The lowest BCUT2D eigenvalue weighted by atomic mass is 10.3. The highest BCUT2D eigenvalue weighted by atomic mass is 32.1. The molecule has 1 aromatic heterocycles. The lowest BCUT2D eigenvalue weighted by Gasteiger charge is -2.33. The molecule has 3 rings (SSSR count). The average molecular weight is 258 g/mol. The second kappa shape index (κ2) is 4.92. The summed E-state index contributed by atoms with van der Waals surface area (Å²) < 4.78 is 1.24. The number of nitrogens with zero attached hydrogens (tertiary/aromatic N) is 4. The van der Waals surface area contributed by atoms with Gasteiger partial charge >= 0.3 is 0 Å². The van der Waals surface area contributed by atoms with Crippen molar-refractivity contribution < 1.29 is 0 Å². The molecule has 1 aromatic carbocycles. The molecule has 1 aliphatic heterocycles. The summed E-state index contributed by atoms with van der Waals surface area (Å²) in [5.74, 6) is 0. The molecule has 5 heteroatoms. The first kappa shape index (κ1) is 11.5. The van der Waals surface area contributed by atoms with Gasteiger partial charge in [0.1, 0.15) is 0 Å². The number of benzene rings is 1. The van der Waals surface area contributed by atoms with Crippen molar-refractivity contribution in [3.05, 3.63) is 24.3 Å². The van der Waals surface area contributed by atoms with E-state index >= 15 is 0 Å². The monoisotopic (exact) mass is 258 g/mol. The molecule has 4 nitrogen and oxygen atoms in total. The zero-order valence-corrected chi connectivity index (χ0v) is 10.9. The van der Waals surface area contributed by atoms with Gasteiger partial charge in [-0.15, -0.1) is 0 Å². The molecule has 0 aliphatic carbocycles. The molecule has 2 aromatic rings. The SMILES string of the molecule is N#CCN1CCN(c2nc3ccccc3s2)CC1. The summed E-state index contributed by atoms with van der Waals surface area (Å²) in [5.41, 5.74) is 1.08. The van der Waals surface area contributed by atoms with E-state index in [4.69, 9.17) is 5.26 Å². The van der Waals surface area contributed by atoms with E-state index < -0.39 is 0 Å². The van der Waals surface area contributed by atoms with Crippen LogP contribution in [0.5, 0.6) is 0 Å². The Labute approximate surface area is 110 Å². The molecule has 0 N–H and O–H groups in total. The van der Waals surface area contributed by atoms with E-state index in [1.165, 1.54) is 4.70 Å². The van der Waals surface area contributed by atoms with E-state index in [0.717, 1.165) is 36.8 Å². The maximum absolute atomic E-state index is 8.68. The van der Waals surface area contributed by atoms with Crippen LogP contribution in [0.15, 0.2) is 24.3 Å². The Bertz CT molecular complexity index is 545. The molecule has 0 atom stereocenters. The zero-order valence-electron chi connectivity index (χ0n) is 10.0. The number of nitriles is 1. The largest absolute Gasteiger partial charge is 0.345 e. The zero-order chi connectivity index (χ0) is 12.4. The highest BCUT2D eigenvalue weighted by Crippen LogP contribution is 2.28. The smallest absolute Gasteiger partial charge is 0.186 e. The summed E-state index contributed by atoms with van der Waals surface area (Å²) in [7, 11) is 0. The summed E-state index contributed by atoms with van der Waals surface area (Å²) >= 11 is 1.75. The number of para-hydroxylation sites is 1. The lowest BCUT2D eigenvalue weighted by molar-refractivity contribution is 0.287. The molecular weight excluding hydrogens is 244 g/mol. The third kappa shape index (κ3) is 2.17. The van der Waals surface area contributed by atoms with Gasteiger partial charge in [-0.25, -0.2) is 4.98 Å². The Kier molecular flexibility index (Phi) is 3.13. The molecule has 1 aliphatic rings. The van der Waals surface area contributed by atoms with Crippen molar-refractivity contribution in [1.82, 2.24) is 9.88 Å². The van der Waals surface area contributed by atoms with Gasteiger partial charge in [0.05, 0.1) is 22.8 Å². The van der Waals surface area contributed by atoms with Crippen molar-refractivity contribution in [2.75, 3.05) is 37.6 Å².